The van der Waals surface area contributed by atoms with Crippen molar-refractivity contribution in [2.24, 2.45) is 0 Å². The lowest BCUT2D eigenvalue weighted by Crippen LogP contribution is -2.09. The first-order valence-corrected chi connectivity index (χ1v) is 19.5. The maximum atomic E-state index is 5.22. The Hall–Kier alpha value is -6.42. The Labute approximate surface area is 318 Å². The van der Waals surface area contributed by atoms with Crippen molar-refractivity contribution < 1.29 is 0 Å². The van der Waals surface area contributed by atoms with Gasteiger partial charge in [0.1, 0.15) is 5.82 Å². The van der Waals surface area contributed by atoms with Crippen LogP contribution in [-0.4, -0.2) is 14.8 Å². The second-order valence-electron chi connectivity index (χ2n) is 14.3. The maximum Gasteiger partial charge on any atom is 0.145 e. The van der Waals surface area contributed by atoms with Crippen LogP contribution in [0.15, 0.2) is 199 Å². The van der Waals surface area contributed by atoms with Gasteiger partial charge in [0.05, 0.1) is 11.0 Å². The minimum atomic E-state index is 0.253. The molecule has 2 nitrogen and oxygen atoms in total. The molecule has 54 heavy (non-hydrogen) atoms. The molecule has 2 aliphatic rings. The molecule has 9 aromatic rings. The van der Waals surface area contributed by atoms with Crippen molar-refractivity contribution in [3.05, 3.63) is 205 Å². The Balaban J connectivity index is 1.11. The molecule has 11 rings (SSSR count). The maximum absolute atomic E-state index is 5.22. The molecule has 2 atom stereocenters. The van der Waals surface area contributed by atoms with Crippen LogP contribution in [0.25, 0.3) is 77.5 Å². The van der Waals surface area contributed by atoms with Gasteiger partial charge < -0.3 is 0 Å². The monoisotopic (exact) mass is 706 g/mol. The number of hydrogen-bond acceptors (Lipinski definition) is 2. The van der Waals surface area contributed by atoms with Gasteiger partial charge >= 0.3 is 0 Å². The minimum Gasteiger partial charge on any atom is -0.292 e. The number of hydrogen-bond donors (Lipinski definition) is 0. The number of rotatable bonds is 5. The molecule has 1 aromatic heterocycles. The first kappa shape index (κ1) is 31.1. The van der Waals surface area contributed by atoms with Crippen molar-refractivity contribution in [1.82, 2.24) is 9.55 Å². The molecule has 0 fully saturated rings. The Bertz CT molecular complexity index is 2980. The van der Waals surface area contributed by atoms with Crippen molar-refractivity contribution in [1.29, 1.82) is 0 Å². The van der Waals surface area contributed by atoms with Crippen LogP contribution in [0, 0.1) is 0 Å². The number of allylic oxidation sites excluding steroid dienone is 3. The summed E-state index contributed by atoms with van der Waals surface area (Å²) in [6.07, 6.45) is 7.31. The number of benzene rings is 8. The van der Waals surface area contributed by atoms with Crippen LogP contribution in [0.4, 0.5) is 0 Å². The van der Waals surface area contributed by atoms with Crippen LogP contribution >= 0.6 is 11.8 Å². The van der Waals surface area contributed by atoms with Crippen LogP contribution in [0.2, 0.25) is 0 Å². The lowest BCUT2D eigenvalue weighted by atomic mass is 9.83. The summed E-state index contributed by atoms with van der Waals surface area (Å²) in [4.78, 5) is 6.59. The molecule has 0 N–H and O–H groups in total. The third-order valence-corrected chi connectivity index (χ3v) is 12.5. The van der Waals surface area contributed by atoms with Crippen molar-refractivity contribution in [3.63, 3.8) is 0 Å². The SMILES string of the molecule is C1=CC2Sc3c(-c4cccc(-c5nc6ccccc6n5-c5ccccc5)c4)cc(-c4cccc5ccccc45)cc3C2C=C1c1cccc2ccccc12. The lowest BCUT2D eigenvalue weighted by molar-refractivity contribution is 0.885. The van der Waals surface area contributed by atoms with Gasteiger partial charge in [0, 0.05) is 27.3 Å². The molecule has 3 heteroatoms. The van der Waals surface area contributed by atoms with Gasteiger partial charge in [-0.3, -0.25) is 4.57 Å². The van der Waals surface area contributed by atoms with Crippen molar-refractivity contribution in [2.45, 2.75) is 16.1 Å². The summed E-state index contributed by atoms with van der Waals surface area (Å²) < 4.78 is 2.29. The zero-order valence-corrected chi connectivity index (χ0v) is 30.2. The molecule has 2 unspecified atom stereocenters. The van der Waals surface area contributed by atoms with Gasteiger partial charge in [0.2, 0.25) is 0 Å². The normalized spacial score (nSPS) is 16.1. The molecule has 0 bridgehead atoms. The van der Waals surface area contributed by atoms with E-state index in [0.29, 0.717) is 5.25 Å². The topological polar surface area (TPSA) is 17.8 Å². The molecule has 1 aliphatic carbocycles. The fourth-order valence-corrected chi connectivity index (χ4v) is 10.0. The van der Waals surface area contributed by atoms with E-state index in [1.807, 2.05) is 11.8 Å². The van der Waals surface area contributed by atoms with E-state index in [1.165, 1.54) is 65.4 Å². The highest BCUT2D eigenvalue weighted by molar-refractivity contribution is 8.00. The van der Waals surface area contributed by atoms with Crippen LogP contribution in [0.5, 0.6) is 0 Å². The highest BCUT2D eigenvalue weighted by Gasteiger charge is 2.35. The van der Waals surface area contributed by atoms with Crippen LogP contribution in [-0.2, 0) is 0 Å². The average Bonchev–Trinajstić information content (AvgIpc) is 3.82. The smallest absolute Gasteiger partial charge is 0.145 e. The molecule has 0 amide bonds. The van der Waals surface area contributed by atoms with Gasteiger partial charge in [0.15, 0.2) is 0 Å². The van der Waals surface area contributed by atoms with Crippen molar-refractivity contribution in [2.75, 3.05) is 0 Å². The van der Waals surface area contributed by atoms with Crippen molar-refractivity contribution in [3.8, 4) is 39.3 Å². The summed E-state index contributed by atoms with van der Waals surface area (Å²) >= 11 is 2.00. The van der Waals surface area contributed by atoms with E-state index >= 15 is 0 Å². The summed E-state index contributed by atoms with van der Waals surface area (Å²) in [5.74, 6) is 1.20. The largest absolute Gasteiger partial charge is 0.292 e. The molecular formula is C51H34N2S. The Morgan fingerprint density at radius 1 is 0.519 bits per heavy atom. The number of imidazole rings is 1. The van der Waals surface area contributed by atoms with E-state index in [-0.39, 0.29) is 5.92 Å². The van der Waals surface area contributed by atoms with E-state index in [0.717, 1.165) is 28.1 Å². The first-order chi connectivity index (χ1) is 26.8. The quantitative estimate of drug-likeness (QED) is 0.177. The summed E-state index contributed by atoms with van der Waals surface area (Å²) in [5.41, 5.74) is 13.2. The fraction of sp³-hybridized carbons (Fsp3) is 0.0392. The average molecular weight is 707 g/mol. The van der Waals surface area contributed by atoms with E-state index in [9.17, 15) is 0 Å². The van der Waals surface area contributed by atoms with Crippen LogP contribution in [0.3, 0.4) is 0 Å². The molecule has 1 aliphatic heterocycles. The summed E-state index contributed by atoms with van der Waals surface area (Å²) in [5, 5.41) is 5.42. The van der Waals surface area contributed by atoms with Gasteiger partial charge in [-0.25, -0.2) is 4.98 Å². The number of thioether (sulfide) groups is 1. The first-order valence-electron chi connectivity index (χ1n) is 18.6. The zero-order valence-electron chi connectivity index (χ0n) is 29.4. The van der Waals surface area contributed by atoms with Gasteiger partial charge in [-0.05, 0) is 103 Å². The van der Waals surface area contributed by atoms with Crippen LogP contribution < -0.4 is 0 Å². The summed E-state index contributed by atoms with van der Waals surface area (Å²) in [7, 11) is 0. The second-order valence-corrected chi connectivity index (χ2v) is 15.4. The third-order valence-electron chi connectivity index (χ3n) is 11.1. The third kappa shape index (κ3) is 5.08. The van der Waals surface area contributed by atoms with Crippen molar-refractivity contribution >= 4 is 49.9 Å². The molecule has 0 saturated heterocycles. The number of aromatic nitrogens is 2. The summed E-state index contributed by atoms with van der Waals surface area (Å²) in [6, 6.07) is 63.8. The fourth-order valence-electron chi connectivity index (χ4n) is 8.60. The van der Waals surface area contributed by atoms with Gasteiger partial charge in [-0.15, -0.1) is 11.8 Å². The highest BCUT2D eigenvalue weighted by atomic mass is 32.2. The molecule has 0 radical (unpaired) electrons. The van der Waals surface area contributed by atoms with Gasteiger partial charge in [0.25, 0.3) is 0 Å². The lowest BCUT2D eigenvalue weighted by Gasteiger charge is -2.20. The van der Waals surface area contributed by atoms with Gasteiger partial charge in [-0.2, -0.15) is 0 Å². The molecule has 2 heterocycles. The standard InChI is InChI=1S/C51H34N2S/c1-2-19-39(20-3-1)53-48-26-9-8-25-47(48)52-51(53)37-18-10-17-35(29-37)44-31-38(43-24-12-16-34-14-5-7-22-41(34)43)32-46-45-30-36(27-28-49(45)54-50(44)46)42-23-11-15-33-13-4-6-21-40(33)42/h1-32,45,49H. The Kier molecular flexibility index (Phi) is 7.27. The van der Waals surface area contributed by atoms with Gasteiger partial charge in [-0.1, -0.05) is 152 Å². The molecule has 0 saturated carbocycles. The number of para-hydroxylation sites is 3. The highest BCUT2D eigenvalue weighted by Crippen LogP contribution is 2.55. The molecule has 0 spiro atoms. The second kappa shape index (κ2) is 12.6. The summed E-state index contributed by atoms with van der Waals surface area (Å²) in [6.45, 7) is 0. The zero-order chi connectivity index (χ0) is 35.6. The predicted molar refractivity (Wildman–Crippen MR) is 228 cm³/mol. The van der Waals surface area contributed by atoms with E-state index < -0.39 is 0 Å². The van der Waals surface area contributed by atoms with E-state index in [4.69, 9.17) is 4.98 Å². The number of nitrogens with zero attached hydrogens (tertiary/aromatic N) is 2. The molecule has 254 valence electrons. The molecular weight excluding hydrogens is 673 g/mol. The minimum absolute atomic E-state index is 0.253. The van der Waals surface area contributed by atoms with E-state index in [1.54, 1.807) is 0 Å². The Morgan fingerprint density at radius 2 is 1.19 bits per heavy atom. The van der Waals surface area contributed by atoms with E-state index in [2.05, 4.69) is 199 Å². The molecule has 8 aromatic carbocycles. The Morgan fingerprint density at radius 3 is 2.02 bits per heavy atom. The predicted octanol–water partition coefficient (Wildman–Crippen LogP) is 13.5. The van der Waals surface area contributed by atoms with Crippen LogP contribution in [0.1, 0.15) is 17.0 Å². The number of fused-ring (bicyclic) bond motifs is 6.